The first-order chi connectivity index (χ1) is 10.2. The van der Waals surface area contributed by atoms with Gasteiger partial charge in [-0.05, 0) is 38.4 Å². The monoisotopic (exact) mass is 360 g/mol. The Kier molecular flexibility index (Phi) is 4.73. The number of hydrogen-bond donors (Lipinski definition) is 1. The van der Waals surface area contributed by atoms with E-state index in [0.717, 1.165) is 6.42 Å². The lowest BCUT2D eigenvalue weighted by molar-refractivity contribution is -0.212. The van der Waals surface area contributed by atoms with Gasteiger partial charge in [0.1, 0.15) is 12.7 Å². The second kappa shape index (κ2) is 5.68. The molecule has 134 valence electrons. The molecule has 1 aliphatic carbocycles. The summed E-state index contributed by atoms with van der Waals surface area (Å²) >= 11 is 5.04. The van der Waals surface area contributed by atoms with Crippen LogP contribution in [0.5, 0.6) is 0 Å². The summed E-state index contributed by atoms with van der Waals surface area (Å²) in [6.07, 6.45) is 0.753. The number of thiocarbonyl (C=S) groups is 1. The number of hydrogen-bond acceptors (Lipinski definition) is 5. The average Bonchev–Trinajstić information content (AvgIpc) is 2.77. The molecule has 2 fully saturated rings. The zero-order valence-corrected chi connectivity index (χ0v) is 17.5. The van der Waals surface area contributed by atoms with Crippen LogP contribution in [0, 0.1) is 11.3 Å². The lowest BCUT2D eigenvalue weighted by Crippen LogP contribution is -2.67. The van der Waals surface area contributed by atoms with Crippen molar-refractivity contribution in [3.8, 4) is 0 Å². The molecule has 0 aromatic heterocycles. The number of aliphatic hydroxyl groups is 1. The molecule has 1 saturated heterocycles. The van der Waals surface area contributed by atoms with Crippen LogP contribution in [-0.4, -0.2) is 43.1 Å². The van der Waals surface area contributed by atoms with Crippen LogP contribution in [-0.2, 0) is 13.9 Å². The van der Waals surface area contributed by atoms with Crippen molar-refractivity contribution in [2.24, 2.45) is 11.3 Å². The quantitative estimate of drug-likeness (QED) is 0.609. The van der Waals surface area contributed by atoms with Crippen molar-refractivity contribution in [3.05, 3.63) is 0 Å². The molecule has 0 radical (unpaired) electrons. The molecule has 0 spiro atoms. The predicted molar refractivity (Wildman–Crippen MR) is 98.0 cm³/mol. The first kappa shape index (κ1) is 19.2. The standard InChI is InChI=1S/C17H32O4SSi/c1-15(2,3)23(7,8)21-12-9-11(16(4,5)18)17(12,6)13-10-19-14(22)20-13/h11-13,18H,9-10H2,1-8H3/t11-,12-,13+,17+/m0/s1. The van der Waals surface area contributed by atoms with Gasteiger partial charge in [0.25, 0.3) is 0 Å². The molecule has 1 aliphatic heterocycles. The van der Waals surface area contributed by atoms with Crippen LogP contribution < -0.4 is 0 Å². The van der Waals surface area contributed by atoms with E-state index in [1.807, 2.05) is 13.8 Å². The molecular weight excluding hydrogens is 328 g/mol. The van der Waals surface area contributed by atoms with Crippen molar-refractivity contribution in [1.29, 1.82) is 0 Å². The Balaban J connectivity index is 2.25. The largest absolute Gasteiger partial charge is 0.453 e. The van der Waals surface area contributed by atoms with Crippen LogP contribution in [0.25, 0.3) is 0 Å². The smallest absolute Gasteiger partial charge is 0.352 e. The van der Waals surface area contributed by atoms with E-state index in [1.165, 1.54) is 0 Å². The van der Waals surface area contributed by atoms with E-state index < -0.39 is 13.9 Å². The van der Waals surface area contributed by atoms with Gasteiger partial charge in [0.05, 0.1) is 11.7 Å². The van der Waals surface area contributed by atoms with Crippen LogP contribution in [0.4, 0.5) is 0 Å². The molecule has 0 aromatic carbocycles. The van der Waals surface area contributed by atoms with Crippen molar-refractivity contribution < 1.29 is 19.0 Å². The Labute approximate surface area is 147 Å². The maximum absolute atomic E-state index is 10.6. The summed E-state index contributed by atoms with van der Waals surface area (Å²) in [6, 6.07) is 0. The maximum Gasteiger partial charge on any atom is 0.352 e. The Bertz CT molecular complexity index is 480. The fraction of sp³-hybridized carbons (Fsp3) is 0.941. The molecule has 1 heterocycles. The first-order valence-electron chi connectivity index (χ1n) is 8.43. The van der Waals surface area contributed by atoms with Gasteiger partial charge in [0.2, 0.25) is 0 Å². The molecule has 0 aromatic rings. The molecule has 2 aliphatic rings. The molecule has 23 heavy (non-hydrogen) atoms. The zero-order chi connectivity index (χ0) is 17.8. The highest BCUT2D eigenvalue weighted by molar-refractivity contribution is 7.79. The Morgan fingerprint density at radius 3 is 2.22 bits per heavy atom. The van der Waals surface area contributed by atoms with Crippen LogP contribution in [0.2, 0.25) is 18.1 Å². The molecular formula is C17H32O4SSi. The van der Waals surface area contributed by atoms with Gasteiger partial charge in [0.15, 0.2) is 8.32 Å². The van der Waals surface area contributed by atoms with E-state index in [0.29, 0.717) is 6.61 Å². The van der Waals surface area contributed by atoms with Gasteiger partial charge < -0.3 is 19.0 Å². The minimum Gasteiger partial charge on any atom is -0.453 e. The van der Waals surface area contributed by atoms with Crippen molar-refractivity contribution in [1.82, 2.24) is 0 Å². The van der Waals surface area contributed by atoms with E-state index in [9.17, 15) is 5.11 Å². The molecule has 6 heteroatoms. The molecule has 1 saturated carbocycles. The van der Waals surface area contributed by atoms with Crippen LogP contribution in [0.1, 0.15) is 48.0 Å². The highest BCUT2D eigenvalue weighted by Crippen LogP contribution is 2.58. The summed E-state index contributed by atoms with van der Waals surface area (Å²) in [5.41, 5.74) is -1.08. The van der Waals surface area contributed by atoms with Crippen LogP contribution >= 0.6 is 12.2 Å². The highest BCUT2D eigenvalue weighted by atomic mass is 32.1. The Hall–Kier alpha value is -0.173. The fourth-order valence-electron chi connectivity index (χ4n) is 3.61. The molecule has 4 atom stereocenters. The summed E-state index contributed by atoms with van der Waals surface area (Å²) in [5, 5.41) is 11.0. The van der Waals surface area contributed by atoms with E-state index in [-0.39, 0.29) is 33.8 Å². The second-order valence-electron chi connectivity index (χ2n) is 9.34. The van der Waals surface area contributed by atoms with Crippen molar-refractivity contribution in [3.63, 3.8) is 0 Å². The zero-order valence-electron chi connectivity index (χ0n) is 15.7. The normalized spacial score (nSPS) is 35.5. The van der Waals surface area contributed by atoms with Crippen molar-refractivity contribution >= 4 is 25.8 Å². The molecule has 1 N–H and O–H groups in total. The van der Waals surface area contributed by atoms with Crippen molar-refractivity contribution in [2.75, 3.05) is 6.61 Å². The van der Waals surface area contributed by atoms with Crippen molar-refractivity contribution in [2.45, 2.75) is 83.9 Å². The third-order valence-electron chi connectivity index (χ3n) is 6.28. The Morgan fingerprint density at radius 1 is 1.26 bits per heavy atom. The summed E-state index contributed by atoms with van der Waals surface area (Å²) in [4.78, 5) is 0. The minimum absolute atomic E-state index is 0.0642. The molecule has 0 amide bonds. The molecule has 4 nitrogen and oxygen atoms in total. The lowest BCUT2D eigenvalue weighted by atomic mass is 9.51. The topological polar surface area (TPSA) is 47.9 Å². The fourth-order valence-corrected chi connectivity index (χ4v) is 5.21. The van der Waals surface area contributed by atoms with E-state index in [1.54, 1.807) is 0 Å². The summed E-state index contributed by atoms with van der Waals surface area (Å²) in [5.74, 6) is 0.0965. The van der Waals surface area contributed by atoms with E-state index >= 15 is 0 Å². The number of rotatable bonds is 4. The SMILES string of the molecule is CC(C)(O)[C@@H]1C[C@H](O[Si](C)(C)C(C)(C)C)[C@]1(C)[C@H]1COC(=S)O1. The summed E-state index contributed by atoms with van der Waals surface area (Å²) < 4.78 is 17.8. The average molecular weight is 361 g/mol. The first-order valence-corrected chi connectivity index (χ1v) is 11.7. The minimum atomic E-state index is -1.89. The molecule has 0 bridgehead atoms. The van der Waals surface area contributed by atoms with Crippen LogP contribution in [0.3, 0.4) is 0 Å². The van der Waals surface area contributed by atoms with Gasteiger partial charge in [-0.3, -0.25) is 0 Å². The third kappa shape index (κ3) is 3.32. The van der Waals surface area contributed by atoms with E-state index in [4.69, 9.17) is 26.1 Å². The van der Waals surface area contributed by atoms with Gasteiger partial charge in [-0.2, -0.15) is 0 Å². The summed E-state index contributed by atoms with van der Waals surface area (Å²) in [6.45, 7) is 17.6. The second-order valence-corrected chi connectivity index (χ2v) is 14.4. The lowest BCUT2D eigenvalue weighted by Gasteiger charge is -2.61. The maximum atomic E-state index is 10.6. The van der Waals surface area contributed by atoms with E-state index in [2.05, 4.69) is 40.8 Å². The molecule has 2 rings (SSSR count). The summed E-state index contributed by atoms with van der Waals surface area (Å²) in [7, 11) is -1.89. The van der Waals surface area contributed by atoms with Gasteiger partial charge >= 0.3 is 5.24 Å². The molecule has 0 unspecified atom stereocenters. The van der Waals surface area contributed by atoms with Gasteiger partial charge in [-0.25, -0.2) is 0 Å². The third-order valence-corrected chi connectivity index (χ3v) is 11.0. The van der Waals surface area contributed by atoms with Gasteiger partial charge in [-0.15, -0.1) is 0 Å². The van der Waals surface area contributed by atoms with Crippen LogP contribution in [0.15, 0.2) is 0 Å². The number of ether oxygens (including phenoxy) is 2. The highest BCUT2D eigenvalue weighted by Gasteiger charge is 2.64. The Morgan fingerprint density at radius 2 is 1.83 bits per heavy atom. The predicted octanol–water partition coefficient (Wildman–Crippen LogP) is 3.87. The van der Waals surface area contributed by atoms with Gasteiger partial charge in [0, 0.05) is 23.6 Å². The van der Waals surface area contributed by atoms with Gasteiger partial charge in [-0.1, -0.05) is 27.7 Å².